The zero-order chi connectivity index (χ0) is 13.1. The summed E-state index contributed by atoms with van der Waals surface area (Å²) >= 11 is 0. The molecule has 0 aromatic heterocycles. The van der Waals surface area contributed by atoms with Crippen LogP contribution < -0.4 is 5.32 Å². The molecular weight excluding hydrogens is 214 g/mol. The standard InChI is InChI=1S/C14H21NO2/c1-10(14(2,3)4)8-13(17)15-11-6-5-7-12(16)9-11/h5-7,9-10,16H,8H2,1-4H3,(H,15,17). The molecule has 3 nitrogen and oxygen atoms in total. The van der Waals surface area contributed by atoms with Gasteiger partial charge in [-0.2, -0.15) is 0 Å². The fourth-order valence-corrected chi connectivity index (χ4v) is 1.38. The van der Waals surface area contributed by atoms with E-state index in [0.717, 1.165) is 0 Å². The number of amides is 1. The van der Waals surface area contributed by atoms with Crippen LogP contribution >= 0.6 is 0 Å². The van der Waals surface area contributed by atoms with E-state index in [1.165, 1.54) is 0 Å². The van der Waals surface area contributed by atoms with Gasteiger partial charge in [0.15, 0.2) is 0 Å². The van der Waals surface area contributed by atoms with Crippen LogP contribution in [0.15, 0.2) is 24.3 Å². The summed E-state index contributed by atoms with van der Waals surface area (Å²) in [5, 5.41) is 12.1. The van der Waals surface area contributed by atoms with Crippen LogP contribution in [0, 0.1) is 11.3 Å². The van der Waals surface area contributed by atoms with Crippen molar-refractivity contribution in [1.82, 2.24) is 0 Å². The molecule has 0 saturated heterocycles. The topological polar surface area (TPSA) is 49.3 Å². The highest BCUT2D eigenvalue weighted by molar-refractivity contribution is 5.91. The van der Waals surface area contributed by atoms with Crippen molar-refractivity contribution < 1.29 is 9.90 Å². The van der Waals surface area contributed by atoms with Gasteiger partial charge < -0.3 is 10.4 Å². The van der Waals surface area contributed by atoms with Crippen LogP contribution in [-0.4, -0.2) is 11.0 Å². The monoisotopic (exact) mass is 235 g/mol. The molecule has 1 rings (SSSR count). The van der Waals surface area contributed by atoms with Crippen molar-refractivity contribution in [1.29, 1.82) is 0 Å². The van der Waals surface area contributed by atoms with Gasteiger partial charge in [-0.1, -0.05) is 33.8 Å². The van der Waals surface area contributed by atoms with Gasteiger partial charge in [0.1, 0.15) is 5.75 Å². The number of phenolic OH excluding ortho intramolecular Hbond substituents is 1. The lowest BCUT2D eigenvalue weighted by molar-refractivity contribution is -0.117. The lowest BCUT2D eigenvalue weighted by atomic mass is 9.80. The molecule has 1 amide bonds. The van der Waals surface area contributed by atoms with Crippen molar-refractivity contribution in [2.45, 2.75) is 34.1 Å². The summed E-state index contributed by atoms with van der Waals surface area (Å²) < 4.78 is 0. The predicted molar refractivity (Wildman–Crippen MR) is 70.0 cm³/mol. The highest BCUT2D eigenvalue weighted by atomic mass is 16.3. The van der Waals surface area contributed by atoms with Gasteiger partial charge in [-0.3, -0.25) is 4.79 Å². The second kappa shape index (κ2) is 5.21. The second-order valence-corrected chi connectivity index (χ2v) is 5.57. The normalized spacial score (nSPS) is 13.2. The van der Waals surface area contributed by atoms with E-state index in [4.69, 9.17) is 0 Å². The van der Waals surface area contributed by atoms with Gasteiger partial charge in [0, 0.05) is 18.2 Å². The molecule has 1 aromatic carbocycles. The third kappa shape index (κ3) is 4.47. The van der Waals surface area contributed by atoms with E-state index in [1.807, 2.05) is 0 Å². The van der Waals surface area contributed by atoms with Crippen molar-refractivity contribution >= 4 is 11.6 Å². The number of aromatic hydroxyl groups is 1. The number of nitrogens with one attached hydrogen (secondary N) is 1. The summed E-state index contributed by atoms with van der Waals surface area (Å²) in [6.45, 7) is 8.44. The molecule has 0 aliphatic heterocycles. The maximum absolute atomic E-state index is 11.8. The SMILES string of the molecule is CC(CC(=O)Nc1cccc(O)c1)C(C)(C)C. The summed E-state index contributed by atoms with van der Waals surface area (Å²) in [5.74, 6) is 0.449. The molecule has 1 aromatic rings. The fourth-order valence-electron chi connectivity index (χ4n) is 1.38. The Hall–Kier alpha value is -1.51. The number of phenols is 1. The van der Waals surface area contributed by atoms with Crippen molar-refractivity contribution in [2.24, 2.45) is 11.3 Å². The molecule has 1 unspecified atom stereocenters. The van der Waals surface area contributed by atoms with Crippen LogP contribution in [0.3, 0.4) is 0 Å². The van der Waals surface area contributed by atoms with Crippen molar-refractivity contribution in [3.8, 4) is 5.75 Å². The summed E-state index contributed by atoms with van der Waals surface area (Å²) in [6.07, 6.45) is 0.485. The molecule has 0 heterocycles. The van der Waals surface area contributed by atoms with E-state index < -0.39 is 0 Å². The summed E-state index contributed by atoms with van der Waals surface area (Å²) in [4.78, 5) is 11.8. The Balaban J connectivity index is 2.56. The molecule has 17 heavy (non-hydrogen) atoms. The van der Waals surface area contributed by atoms with Gasteiger partial charge >= 0.3 is 0 Å². The first-order valence-electron chi connectivity index (χ1n) is 5.88. The zero-order valence-corrected chi connectivity index (χ0v) is 10.9. The molecule has 3 heteroatoms. The van der Waals surface area contributed by atoms with E-state index in [-0.39, 0.29) is 17.1 Å². The van der Waals surface area contributed by atoms with Crippen molar-refractivity contribution in [3.63, 3.8) is 0 Å². The Kier molecular flexibility index (Phi) is 4.16. The molecule has 0 spiro atoms. The Morgan fingerprint density at radius 3 is 2.59 bits per heavy atom. The largest absolute Gasteiger partial charge is 0.508 e. The van der Waals surface area contributed by atoms with Crippen molar-refractivity contribution in [3.05, 3.63) is 24.3 Å². The van der Waals surface area contributed by atoms with E-state index in [2.05, 4.69) is 33.0 Å². The van der Waals surface area contributed by atoms with Crippen LogP contribution in [0.4, 0.5) is 5.69 Å². The van der Waals surface area contributed by atoms with E-state index in [9.17, 15) is 9.90 Å². The smallest absolute Gasteiger partial charge is 0.224 e. The Labute approximate surface area is 103 Å². The molecule has 0 saturated carbocycles. The lowest BCUT2D eigenvalue weighted by Crippen LogP contribution is -2.23. The summed E-state index contributed by atoms with van der Waals surface area (Å²) in [7, 11) is 0. The predicted octanol–water partition coefficient (Wildman–Crippen LogP) is 3.40. The molecular formula is C14H21NO2. The van der Waals surface area contributed by atoms with Gasteiger partial charge in [0.25, 0.3) is 0 Å². The minimum absolute atomic E-state index is 0.0157. The Morgan fingerprint density at radius 2 is 2.06 bits per heavy atom. The van der Waals surface area contributed by atoms with Crippen LogP contribution in [0.1, 0.15) is 34.1 Å². The molecule has 1 atom stereocenters. The maximum Gasteiger partial charge on any atom is 0.224 e. The van der Waals surface area contributed by atoms with Crippen molar-refractivity contribution in [2.75, 3.05) is 5.32 Å². The van der Waals surface area contributed by atoms with Gasteiger partial charge in [-0.05, 0) is 23.5 Å². The highest BCUT2D eigenvalue weighted by Gasteiger charge is 2.22. The van der Waals surface area contributed by atoms with Gasteiger partial charge in [-0.25, -0.2) is 0 Å². The Bertz CT molecular complexity index is 393. The van der Waals surface area contributed by atoms with Gasteiger partial charge in [0.2, 0.25) is 5.91 Å². The first-order chi connectivity index (χ1) is 7.79. The van der Waals surface area contributed by atoms with E-state index >= 15 is 0 Å². The minimum atomic E-state index is -0.0157. The van der Waals surface area contributed by atoms with Crippen LogP contribution in [0.2, 0.25) is 0 Å². The average molecular weight is 235 g/mol. The molecule has 0 bridgehead atoms. The number of hydrogen-bond acceptors (Lipinski definition) is 2. The highest BCUT2D eigenvalue weighted by Crippen LogP contribution is 2.28. The third-order valence-electron chi connectivity index (χ3n) is 3.10. The molecule has 0 aliphatic rings. The van der Waals surface area contributed by atoms with Gasteiger partial charge in [-0.15, -0.1) is 0 Å². The quantitative estimate of drug-likeness (QED) is 0.843. The molecule has 94 valence electrons. The first kappa shape index (κ1) is 13.6. The second-order valence-electron chi connectivity index (χ2n) is 5.57. The lowest BCUT2D eigenvalue weighted by Gasteiger charge is -2.26. The molecule has 0 aliphatic carbocycles. The number of carbonyl (C=O) groups excluding carboxylic acids is 1. The first-order valence-corrected chi connectivity index (χ1v) is 5.88. The Morgan fingerprint density at radius 1 is 1.41 bits per heavy atom. The van der Waals surface area contributed by atoms with Crippen LogP contribution in [0.5, 0.6) is 5.75 Å². The number of rotatable bonds is 3. The number of anilines is 1. The average Bonchev–Trinajstić information content (AvgIpc) is 2.15. The summed E-state index contributed by atoms with van der Waals surface area (Å²) in [5.41, 5.74) is 0.756. The van der Waals surface area contributed by atoms with Gasteiger partial charge in [0.05, 0.1) is 0 Å². The molecule has 0 radical (unpaired) electrons. The van der Waals surface area contributed by atoms with Crippen LogP contribution in [-0.2, 0) is 4.79 Å². The fraction of sp³-hybridized carbons (Fsp3) is 0.500. The minimum Gasteiger partial charge on any atom is -0.508 e. The number of hydrogen-bond donors (Lipinski definition) is 2. The van der Waals surface area contributed by atoms with Crippen LogP contribution in [0.25, 0.3) is 0 Å². The van der Waals surface area contributed by atoms with E-state index in [1.54, 1.807) is 24.3 Å². The maximum atomic E-state index is 11.8. The number of benzene rings is 1. The third-order valence-corrected chi connectivity index (χ3v) is 3.10. The number of carbonyl (C=O) groups is 1. The summed E-state index contributed by atoms with van der Waals surface area (Å²) in [6, 6.07) is 6.59. The van der Waals surface area contributed by atoms with E-state index in [0.29, 0.717) is 18.0 Å². The zero-order valence-electron chi connectivity index (χ0n) is 10.9. The molecule has 0 fully saturated rings. The molecule has 2 N–H and O–H groups in total.